The minimum Gasteiger partial charge on any atom is -0.495 e. The van der Waals surface area contributed by atoms with Crippen molar-refractivity contribution in [2.45, 2.75) is 24.7 Å². The zero-order chi connectivity index (χ0) is 21.9. The molecule has 0 unspecified atom stereocenters. The van der Waals surface area contributed by atoms with Gasteiger partial charge in [0.1, 0.15) is 10.6 Å². The molecule has 0 bridgehead atoms. The van der Waals surface area contributed by atoms with Crippen molar-refractivity contribution in [3.05, 3.63) is 53.6 Å². The van der Waals surface area contributed by atoms with E-state index in [1.165, 1.54) is 29.1 Å². The van der Waals surface area contributed by atoms with Crippen LogP contribution < -0.4 is 10.1 Å². The van der Waals surface area contributed by atoms with E-state index in [1.807, 2.05) is 31.3 Å². The van der Waals surface area contributed by atoms with Crippen LogP contribution in [-0.2, 0) is 10.0 Å². The first-order chi connectivity index (χ1) is 14.2. The Morgan fingerprint density at radius 1 is 1.03 bits per heavy atom. The van der Waals surface area contributed by atoms with Crippen molar-refractivity contribution in [3.63, 3.8) is 0 Å². The van der Waals surface area contributed by atoms with Crippen molar-refractivity contribution in [2.75, 3.05) is 45.7 Å². The zero-order valence-electron chi connectivity index (χ0n) is 17.9. The van der Waals surface area contributed by atoms with Crippen LogP contribution in [0.15, 0.2) is 47.4 Å². The molecule has 1 N–H and O–H groups in total. The first-order valence-corrected chi connectivity index (χ1v) is 11.4. The number of likely N-dealkylation sites (N-methyl/N-ethyl adjacent to an activating group) is 1. The van der Waals surface area contributed by atoms with E-state index in [-0.39, 0.29) is 22.1 Å². The van der Waals surface area contributed by atoms with Gasteiger partial charge < -0.3 is 15.0 Å². The van der Waals surface area contributed by atoms with Crippen LogP contribution in [-0.4, -0.2) is 63.9 Å². The van der Waals surface area contributed by atoms with E-state index in [1.54, 1.807) is 6.07 Å². The number of nitrogens with one attached hydrogen (secondary N) is 1. The topological polar surface area (TPSA) is 78.9 Å². The van der Waals surface area contributed by atoms with Gasteiger partial charge in [-0.25, -0.2) is 8.42 Å². The van der Waals surface area contributed by atoms with Gasteiger partial charge in [0.2, 0.25) is 10.0 Å². The van der Waals surface area contributed by atoms with E-state index in [0.29, 0.717) is 37.8 Å². The summed E-state index contributed by atoms with van der Waals surface area (Å²) in [6.07, 6.45) is 0. The van der Waals surface area contributed by atoms with Crippen molar-refractivity contribution < 1.29 is 17.9 Å². The van der Waals surface area contributed by atoms with Crippen molar-refractivity contribution in [1.29, 1.82) is 0 Å². The van der Waals surface area contributed by atoms with Crippen molar-refractivity contribution in [3.8, 4) is 5.75 Å². The molecule has 1 saturated heterocycles. The maximum absolute atomic E-state index is 13.2. The Kier molecular flexibility index (Phi) is 6.80. The lowest BCUT2D eigenvalue weighted by Crippen LogP contribution is -2.47. The number of carbonyl (C=O) groups is 1. The first-order valence-electron chi connectivity index (χ1n) is 10.0. The Bertz CT molecular complexity index is 996. The summed E-state index contributed by atoms with van der Waals surface area (Å²) in [5.41, 5.74) is 2.10. The van der Waals surface area contributed by atoms with E-state index in [2.05, 4.69) is 24.1 Å². The Morgan fingerprint density at radius 2 is 1.67 bits per heavy atom. The van der Waals surface area contributed by atoms with Gasteiger partial charge in [-0.05, 0) is 48.9 Å². The van der Waals surface area contributed by atoms with Crippen LogP contribution in [0.4, 0.5) is 5.69 Å². The summed E-state index contributed by atoms with van der Waals surface area (Å²) in [6.45, 7) is 6.34. The zero-order valence-corrected chi connectivity index (χ0v) is 18.7. The van der Waals surface area contributed by atoms with Gasteiger partial charge >= 0.3 is 0 Å². The quantitative estimate of drug-likeness (QED) is 0.761. The van der Waals surface area contributed by atoms with Gasteiger partial charge in [-0.3, -0.25) is 4.79 Å². The summed E-state index contributed by atoms with van der Waals surface area (Å²) >= 11 is 0. The number of carbonyl (C=O) groups excluding carboxylic acids is 1. The Morgan fingerprint density at radius 3 is 2.23 bits per heavy atom. The molecule has 1 amide bonds. The van der Waals surface area contributed by atoms with Crippen LogP contribution in [0, 0.1) is 0 Å². The predicted molar refractivity (Wildman–Crippen MR) is 118 cm³/mol. The fourth-order valence-corrected chi connectivity index (χ4v) is 4.95. The second-order valence-electron chi connectivity index (χ2n) is 7.80. The number of sulfonamides is 1. The molecule has 162 valence electrons. The van der Waals surface area contributed by atoms with Crippen LogP contribution in [0.5, 0.6) is 5.75 Å². The molecule has 0 radical (unpaired) electrons. The van der Waals surface area contributed by atoms with E-state index in [4.69, 9.17) is 4.74 Å². The third-order valence-electron chi connectivity index (χ3n) is 5.34. The molecule has 2 aromatic rings. The van der Waals surface area contributed by atoms with E-state index in [9.17, 15) is 13.2 Å². The molecular formula is C22H29N3O4S. The summed E-state index contributed by atoms with van der Waals surface area (Å²) in [7, 11) is -0.384. The standard InChI is InChI=1S/C22H29N3O4S/c1-16(2)17-5-8-19(9-6-17)23-22(26)18-7-10-20(29-4)21(15-18)30(27,28)25-13-11-24(3)12-14-25/h5-10,15-16H,11-14H2,1-4H3,(H,23,26). The van der Waals surface area contributed by atoms with Crippen LogP contribution in [0.2, 0.25) is 0 Å². The van der Waals surface area contributed by atoms with Gasteiger partial charge in [-0.2, -0.15) is 4.31 Å². The Hall–Kier alpha value is -2.42. The van der Waals surface area contributed by atoms with Gasteiger partial charge in [0.05, 0.1) is 7.11 Å². The van der Waals surface area contributed by atoms with Crippen LogP contribution >= 0.6 is 0 Å². The molecule has 0 spiro atoms. The molecule has 7 nitrogen and oxygen atoms in total. The van der Waals surface area contributed by atoms with Crippen LogP contribution in [0.25, 0.3) is 0 Å². The lowest BCUT2D eigenvalue weighted by atomic mass is 10.0. The largest absolute Gasteiger partial charge is 0.495 e. The summed E-state index contributed by atoms with van der Waals surface area (Å²) in [5, 5.41) is 2.83. The SMILES string of the molecule is COc1ccc(C(=O)Nc2ccc(C(C)C)cc2)cc1S(=O)(=O)N1CCN(C)CC1. The van der Waals surface area contributed by atoms with Gasteiger partial charge in [0.15, 0.2) is 0 Å². The highest BCUT2D eigenvalue weighted by atomic mass is 32.2. The molecule has 0 saturated carbocycles. The molecule has 3 rings (SSSR count). The highest BCUT2D eigenvalue weighted by Crippen LogP contribution is 2.29. The molecule has 1 heterocycles. The van der Waals surface area contributed by atoms with Crippen molar-refractivity contribution in [1.82, 2.24) is 9.21 Å². The molecule has 0 aromatic heterocycles. The number of amides is 1. The minimum atomic E-state index is -3.77. The third-order valence-corrected chi connectivity index (χ3v) is 7.26. The monoisotopic (exact) mass is 431 g/mol. The van der Waals surface area contributed by atoms with Gasteiger partial charge in [0, 0.05) is 37.4 Å². The number of nitrogens with zero attached hydrogens (tertiary/aromatic N) is 2. The smallest absolute Gasteiger partial charge is 0.255 e. The number of hydrogen-bond acceptors (Lipinski definition) is 5. The summed E-state index contributed by atoms with van der Waals surface area (Å²) in [5.74, 6) is 0.259. The molecular weight excluding hydrogens is 402 g/mol. The molecule has 8 heteroatoms. The maximum atomic E-state index is 13.2. The van der Waals surface area contributed by atoms with Gasteiger partial charge in [-0.15, -0.1) is 0 Å². The Balaban J connectivity index is 1.85. The average molecular weight is 432 g/mol. The van der Waals surface area contributed by atoms with E-state index >= 15 is 0 Å². The maximum Gasteiger partial charge on any atom is 0.255 e. The normalized spacial score (nSPS) is 15.9. The molecule has 0 aliphatic carbocycles. The van der Waals surface area contributed by atoms with Gasteiger partial charge in [-0.1, -0.05) is 26.0 Å². The predicted octanol–water partition coefficient (Wildman–Crippen LogP) is 3.01. The van der Waals surface area contributed by atoms with Crippen molar-refractivity contribution in [2.24, 2.45) is 0 Å². The number of methoxy groups -OCH3 is 1. The fourth-order valence-electron chi connectivity index (χ4n) is 3.34. The second kappa shape index (κ2) is 9.16. The van der Waals surface area contributed by atoms with Crippen LogP contribution in [0.3, 0.4) is 0 Å². The minimum absolute atomic E-state index is 0.0114. The van der Waals surface area contributed by atoms with E-state index in [0.717, 1.165) is 0 Å². The van der Waals surface area contributed by atoms with Crippen LogP contribution in [0.1, 0.15) is 35.7 Å². The lowest BCUT2D eigenvalue weighted by molar-refractivity contribution is 0.102. The highest BCUT2D eigenvalue weighted by Gasteiger charge is 2.30. The third kappa shape index (κ3) is 4.83. The number of benzene rings is 2. The van der Waals surface area contributed by atoms with Crippen molar-refractivity contribution >= 4 is 21.6 Å². The van der Waals surface area contributed by atoms with E-state index < -0.39 is 10.0 Å². The fraction of sp³-hybridized carbons (Fsp3) is 0.409. The molecule has 1 aliphatic rings. The first kappa shape index (κ1) is 22.3. The average Bonchev–Trinajstić information content (AvgIpc) is 2.74. The molecule has 1 aliphatic heterocycles. The number of rotatable bonds is 6. The number of anilines is 1. The Labute approximate surface area is 178 Å². The summed E-state index contributed by atoms with van der Waals surface area (Å²) < 4.78 is 33.1. The molecule has 1 fully saturated rings. The number of hydrogen-bond donors (Lipinski definition) is 1. The van der Waals surface area contributed by atoms with Gasteiger partial charge in [0.25, 0.3) is 5.91 Å². The molecule has 0 atom stereocenters. The number of piperazine rings is 1. The number of ether oxygens (including phenoxy) is 1. The molecule has 30 heavy (non-hydrogen) atoms. The lowest BCUT2D eigenvalue weighted by Gasteiger charge is -2.31. The highest BCUT2D eigenvalue weighted by molar-refractivity contribution is 7.89. The molecule has 2 aromatic carbocycles. The summed E-state index contributed by atoms with van der Waals surface area (Å²) in [6, 6.07) is 12.1. The second-order valence-corrected chi connectivity index (χ2v) is 9.71. The summed E-state index contributed by atoms with van der Waals surface area (Å²) in [4.78, 5) is 14.9.